The normalized spacial score (nSPS) is 10.7. The number of ether oxygens (including phenoxy) is 4. The van der Waals surface area contributed by atoms with Crippen LogP contribution in [0.15, 0.2) is 12.4 Å². The van der Waals surface area contributed by atoms with Gasteiger partial charge in [-0.2, -0.15) is 0 Å². The maximum atomic E-state index is 5.40. The Balaban J connectivity index is 1.98. The van der Waals surface area contributed by atoms with E-state index in [9.17, 15) is 0 Å². The molecule has 7 nitrogen and oxygen atoms in total. The summed E-state index contributed by atoms with van der Waals surface area (Å²) in [5.41, 5.74) is 0.879. The molecular formula is C13H23N3O4. The van der Waals surface area contributed by atoms with Gasteiger partial charge in [0.25, 0.3) is 0 Å². The van der Waals surface area contributed by atoms with Crippen molar-refractivity contribution in [2.45, 2.75) is 6.54 Å². The molecule has 0 saturated carbocycles. The number of nitrogens with zero attached hydrogens (tertiary/aromatic N) is 2. The minimum Gasteiger partial charge on any atom is -0.474 e. The van der Waals surface area contributed by atoms with Crippen LogP contribution in [0, 0.1) is 0 Å². The molecule has 114 valence electrons. The summed E-state index contributed by atoms with van der Waals surface area (Å²) in [6, 6.07) is 0. The van der Waals surface area contributed by atoms with Gasteiger partial charge in [-0.05, 0) is 7.05 Å². The first-order chi connectivity index (χ1) is 9.86. The van der Waals surface area contributed by atoms with Gasteiger partial charge in [-0.15, -0.1) is 0 Å². The molecule has 0 aliphatic rings. The monoisotopic (exact) mass is 285 g/mol. The highest BCUT2D eigenvalue weighted by Crippen LogP contribution is 2.03. The molecule has 1 N–H and O–H groups in total. The number of aromatic nitrogens is 2. The highest BCUT2D eigenvalue weighted by molar-refractivity contribution is 5.06. The Kier molecular flexibility index (Phi) is 9.68. The summed E-state index contributed by atoms with van der Waals surface area (Å²) in [6.07, 6.45) is 3.30. The molecule has 1 aromatic rings. The highest BCUT2D eigenvalue weighted by atomic mass is 16.6. The van der Waals surface area contributed by atoms with E-state index >= 15 is 0 Å². The number of hydrogen-bond acceptors (Lipinski definition) is 7. The highest BCUT2D eigenvalue weighted by Gasteiger charge is 1.98. The lowest BCUT2D eigenvalue weighted by atomic mass is 10.4. The van der Waals surface area contributed by atoms with Gasteiger partial charge in [0.1, 0.15) is 6.61 Å². The number of hydrogen-bond donors (Lipinski definition) is 1. The van der Waals surface area contributed by atoms with E-state index in [1.165, 1.54) is 0 Å². The molecule has 0 fully saturated rings. The minimum atomic E-state index is 0.443. The molecule has 0 unspecified atom stereocenters. The van der Waals surface area contributed by atoms with Gasteiger partial charge in [0.15, 0.2) is 0 Å². The van der Waals surface area contributed by atoms with E-state index in [-0.39, 0.29) is 0 Å². The minimum absolute atomic E-state index is 0.443. The lowest BCUT2D eigenvalue weighted by Gasteiger charge is -2.07. The zero-order valence-electron chi connectivity index (χ0n) is 12.1. The van der Waals surface area contributed by atoms with Crippen molar-refractivity contribution in [3.05, 3.63) is 18.1 Å². The molecule has 1 heterocycles. The van der Waals surface area contributed by atoms with Gasteiger partial charge in [0.2, 0.25) is 5.88 Å². The zero-order chi connectivity index (χ0) is 14.5. The number of nitrogens with one attached hydrogen (secondary N) is 1. The fraction of sp³-hybridized carbons (Fsp3) is 0.692. The van der Waals surface area contributed by atoms with Crippen molar-refractivity contribution in [2.24, 2.45) is 0 Å². The van der Waals surface area contributed by atoms with Gasteiger partial charge < -0.3 is 24.3 Å². The van der Waals surface area contributed by atoms with Gasteiger partial charge in [0.05, 0.1) is 51.1 Å². The molecule has 0 atom stereocenters. The quantitative estimate of drug-likeness (QED) is 0.552. The summed E-state index contributed by atoms with van der Waals surface area (Å²) < 4.78 is 20.9. The molecule has 0 radical (unpaired) electrons. The Hall–Kier alpha value is -1.28. The van der Waals surface area contributed by atoms with Gasteiger partial charge >= 0.3 is 0 Å². The summed E-state index contributed by atoms with van der Waals surface area (Å²) in [5.74, 6) is 0.504. The van der Waals surface area contributed by atoms with Crippen LogP contribution in [0.3, 0.4) is 0 Å². The van der Waals surface area contributed by atoms with Gasteiger partial charge in [-0.3, -0.25) is 4.98 Å². The van der Waals surface area contributed by atoms with Gasteiger partial charge in [0, 0.05) is 13.7 Å². The van der Waals surface area contributed by atoms with Crippen LogP contribution in [0.4, 0.5) is 0 Å². The average molecular weight is 285 g/mol. The molecule has 0 amide bonds. The first-order valence-corrected chi connectivity index (χ1v) is 6.59. The molecule has 0 spiro atoms. The maximum Gasteiger partial charge on any atom is 0.232 e. The van der Waals surface area contributed by atoms with Crippen LogP contribution in [0.1, 0.15) is 5.69 Å². The largest absolute Gasteiger partial charge is 0.474 e. The third-order valence-electron chi connectivity index (χ3n) is 2.32. The van der Waals surface area contributed by atoms with E-state index in [4.69, 9.17) is 18.9 Å². The summed E-state index contributed by atoms with van der Waals surface area (Å²) in [7, 11) is 3.51. The molecule has 1 rings (SSSR count). The smallest absolute Gasteiger partial charge is 0.232 e. The summed E-state index contributed by atoms with van der Waals surface area (Å²) in [4.78, 5) is 8.35. The van der Waals surface area contributed by atoms with E-state index < -0.39 is 0 Å². The Bertz CT molecular complexity index is 335. The van der Waals surface area contributed by atoms with E-state index in [0.29, 0.717) is 52.1 Å². The second-order valence-electron chi connectivity index (χ2n) is 3.94. The maximum absolute atomic E-state index is 5.40. The molecule has 0 aromatic carbocycles. The van der Waals surface area contributed by atoms with Gasteiger partial charge in [-0.25, -0.2) is 4.98 Å². The SMILES string of the molecule is CNCc1cnc(OCCOCCOCCOC)cn1. The number of rotatable bonds is 12. The van der Waals surface area contributed by atoms with Crippen molar-refractivity contribution < 1.29 is 18.9 Å². The van der Waals surface area contributed by atoms with Crippen molar-refractivity contribution >= 4 is 0 Å². The van der Waals surface area contributed by atoms with Crippen molar-refractivity contribution in [1.82, 2.24) is 15.3 Å². The van der Waals surface area contributed by atoms with Crippen LogP contribution in [0.2, 0.25) is 0 Å². The summed E-state index contributed by atoms with van der Waals surface area (Å²) in [6.45, 7) is 3.92. The lowest BCUT2D eigenvalue weighted by Crippen LogP contribution is -2.13. The molecule has 7 heteroatoms. The van der Waals surface area contributed by atoms with Crippen LogP contribution in [0.25, 0.3) is 0 Å². The van der Waals surface area contributed by atoms with E-state index in [1.807, 2.05) is 7.05 Å². The Morgan fingerprint density at radius 3 is 2.25 bits per heavy atom. The molecule has 20 heavy (non-hydrogen) atoms. The van der Waals surface area contributed by atoms with Crippen molar-refractivity contribution in [3.63, 3.8) is 0 Å². The predicted molar refractivity (Wildman–Crippen MR) is 73.8 cm³/mol. The van der Waals surface area contributed by atoms with Crippen LogP contribution >= 0.6 is 0 Å². The van der Waals surface area contributed by atoms with Crippen LogP contribution in [-0.4, -0.2) is 63.8 Å². The molecular weight excluding hydrogens is 262 g/mol. The standard InChI is InChI=1S/C13H23N3O4/c1-14-9-12-10-16-13(11-15-12)20-8-7-19-6-5-18-4-3-17-2/h10-11,14H,3-9H2,1-2H3. The lowest BCUT2D eigenvalue weighted by molar-refractivity contribution is 0.0176. The Morgan fingerprint density at radius 2 is 1.65 bits per heavy atom. The third-order valence-corrected chi connectivity index (χ3v) is 2.32. The van der Waals surface area contributed by atoms with E-state index in [1.54, 1.807) is 19.5 Å². The first kappa shape index (κ1) is 16.8. The van der Waals surface area contributed by atoms with Gasteiger partial charge in [-0.1, -0.05) is 0 Å². The third kappa shape index (κ3) is 8.00. The molecule has 0 bridgehead atoms. The zero-order valence-corrected chi connectivity index (χ0v) is 12.1. The second-order valence-corrected chi connectivity index (χ2v) is 3.94. The topological polar surface area (TPSA) is 74.7 Å². The fourth-order valence-corrected chi connectivity index (χ4v) is 1.36. The Labute approximate surface area is 119 Å². The van der Waals surface area contributed by atoms with E-state index in [2.05, 4.69) is 15.3 Å². The molecule has 0 aliphatic carbocycles. The van der Waals surface area contributed by atoms with E-state index in [0.717, 1.165) is 5.69 Å². The summed E-state index contributed by atoms with van der Waals surface area (Å²) in [5, 5.41) is 3.00. The first-order valence-electron chi connectivity index (χ1n) is 6.59. The average Bonchev–Trinajstić information content (AvgIpc) is 2.47. The number of methoxy groups -OCH3 is 1. The molecule has 0 saturated heterocycles. The van der Waals surface area contributed by atoms with Crippen LogP contribution in [0.5, 0.6) is 5.88 Å². The molecule has 1 aromatic heterocycles. The summed E-state index contributed by atoms with van der Waals surface area (Å²) >= 11 is 0. The predicted octanol–water partition coefficient (Wildman–Crippen LogP) is 0.254. The fourth-order valence-electron chi connectivity index (χ4n) is 1.36. The van der Waals surface area contributed by atoms with Crippen LogP contribution < -0.4 is 10.1 Å². The van der Waals surface area contributed by atoms with Crippen molar-refractivity contribution in [3.8, 4) is 5.88 Å². The van der Waals surface area contributed by atoms with Crippen molar-refractivity contribution in [2.75, 3.05) is 53.8 Å². The Morgan fingerprint density at radius 1 is 0.950 bits per heavy atom. The van der Waals surface area contributed by atoms with Crippen molar-refractivity contribution in [1.29, 1.82) is 0 Å². The second kappa shape index (κ2) is 11.5. The van der Waals surface area contributed by atoms with Crippen LogP contribution in [-0.2, 0) is 20.8 Å². The molecule has 0 aliphatic heterocycles.